The molecule has 0 fully saturated rings. The van der Waals surface area contributed by atoms with E-state index in [1.165, 1.54) is 17.4 Å². The molecule has 4 heterocycles. The smallest absolute Gasteiger partial charge is 0.250 e. The van der Waals surface area contributed by atoms with Crippen LogP contribution in [0.25, 0.3) is 10.9 Å². The summed E-state index contributed by atoms with van der Waals surface area (Å²) in [5, 5.41) is 4.62. The number of rotatable bonds is 9. The van der Waals surface area contributed by atoms with Gasteiger partial charge in [-0.05, 0) is 53.2 Å². The molecule has 7 nitrogen and oxygen atoms in total. The first-order chi connectivity index (χ1) is 17.1. The second-order valence-electron chi connectivity index (χ2n) is 7.76. The average molecular weight is 524 g/mol. The summed E-state index contributed by atoms with van der Waals surface area (Å²) in [4.78, 5) is 32.2. The second-order valence-corrected chi connectivity index (χ2v) is 11.0. The Kier molecular flexibility index (Phi) is 7.16. The first kappa shape index (κ1) is 23.6. The molecule has 1 amide bonds. The molecule has 0 aliphatic heterocycles. The molecule has 10 heteroatoms. The van der Waals surface area contributed by atoms with Crippen LogP contribution in [-0.4, -0.2) is 20.3 Å². The number of carbonyl (C=O) groups excluding carboxylic acids is 1. The second kappa shape index (κ2) is 10.6. The highest BCUT2D eigenvalue weighted by Crippen LogP contribution is 2.27. The fourth-order valence-electron chi connectivity index (χ4n) is 3.68. The lowest BCUT2D eigenvalue weighted by Gasteiger charge is -2.26. The molecule has 0 spiro atoms. The van der Waals surface area contributed by atoms with Gasteiger partial charge >= 0.3 is 0 Å². The quantitative estimate of drug-likeness (QED) is 0.270. The van der Waals surface area contributed by atoms with Crippen LogP contribution in [0.1, 0.15) is 21.6 Å². The lowest BCUT2D eigenvalue weighted by atomic mass is 10.2. The van der Waals surface area contributed by atoms with Gasteiger partial charge in [-0.1, -0.05) is 12.1 Å². The van der Waals surface area contributed by atoms with Crippen LogP contribution in [0.3, 0.4) is 0 Å². The fraction of sp³-hybridized carbons (Fsp3) is 0.120. The van der Waals surface area contributed by atoms with E-state index in [4.69, 9.17) is 4.42 Å². The molecule has 0 saturated carbocycles. The van der Waals surface area contributed by atoms with E-state index in [-0.39, 0.29) is 11.5 Å². The van der Waals surface area contributed by atoms with E-state index in [0.29, 0.717) is 29.3 Å². The number of aromatic amines is 1. The number of pyridine rings is 1. The van der Waals surface area contributed by atoms with Crippen LogP contribution in [0.15, 0.2) is 97.9 Å². The summed E-state index contributed by atoms with van der Waals surface area (Å²) in [5.41, 5.74) is 0.458. The topological polar surface area (TPSA) is 101 Å². The highest BCUT2D eigenvalue weighted by Gasteiger charge is 2.32. The van der Waals surface area contributed by atoms with E-state index in [2.05, 4.69) is 9.71 Å². The molecule has 2 N–H and O–H groups in total. The third-order valence-electron chi connectivity index (χ3n) is 5.37. The van der Waals surface area contributed by atoms with Gasteiger partial charge in [-0.2, -0.15) is 0 Å². The molecule has 178 valence electrons. The van der Waals surface area contributed by atoms with Crippen molar-refractivity contribution >= 4 is 50.8 Å². The van der Waals surface area contributed by atoms with Crippen molar-refractivity contribution in [2.75, 3.05) is 0 Å². The first-order valence-corrected chi connectivity index (χ1v) is 13.7. The molecule has 2 atom stereocenters. The van der Waals surface area contributed by atoms with Crippen molar-refractivity contribution in [1.82, 2.24) is 14.6 Å². The average Bonchev–Trinajstić information content (AvgIpc) is 3.65. The number of benzene rings is 1. The van der Waals surface area contributed by atoms with Crippen LogP contribution in [-0.2, 0) is 29.2 Å². The Bertz CT molecular complexity index is 1410. The van der Waals surface area contributed by atoms with Crippen LogP contribution in [0.5, 0.6) is 0 Å². The number of H-pyrrole nitrogens is 1. The van der Waals surface area contributed by atoms with Gasteiger partial charge < -0.3 is 18.9 Å². The maximum Gasteiger partial charge on any atom is 0.250 e. The molecule has 5 rings (SSSR count). The Morgan fingerprint density at radius 2 is 1.91 bits per heavy atom. The predicted octanol–water partition coefficient (Wildman–Crippen LogP) is 4.83. The zero-order valence-corrected chi connectivity index (χ0v) is 20.8. The molecule has 5 aromatic rings. The molecular weight excluding hydrogens is 502 g/mol. The number of hydrogen-bond acceptors (Lipinski definition) is 7. The highest BCUT2D eigenvalue weighted by atomic mass is 32.2. The van der Waals surface area contributed by atoms with Crippen molar-refractivity contribution in [3.63, 3.8) is 0 Å². The van der Waals surface area contributed by atoms with Gasteiger partial charge in [0.15, 0.2) is 10.9 Å². The van der Waals surface area contributed by atoms with Gasteiger partial charge in [0.25, 0.3) is 0 Å². The Balaban J connectivity index is 1.43. The molecule has 35 heavy (non-hydrogen) atoms. The molecule has 0 bridgehead atoms. The minimum Gasteiger partial charge on any atom is -0.593 e. The standard InChI is InChI=1S/C25H21N3O4S3/c29-23-10-7-17-14-20(8-9-21(17)26-23)35(31)27-24(22-6-3-13-34-22)25(30)28(15-18-4-1-11-32-18)16-19-5-2-12-33-19/h1-14,24,27H,15-16H2,(H,26,29)/t24-,35?/m1/s1. The lowest BCUT2D eigenvalue weighted by molar-refractivity contribution is -0.134. The van der Waals surface area contributed by atoms with Crippen LogP contribution in [0.4, 0.5) is 0 Å². The van der Waals surface area contributed by atoms with E-state index in [9.17, 15) is 14.1 Å². The van der Waals surface area contributed by atoms with Gasteiger partial charge in [0.05, 0.1) is 30.7 Å². The molecule has 0 radical (unpaired) electrons. The van der Waals surface area contributed by atoms with Crippen molar-refractivity contribution in [3.8, 4) is 0 Å². The van der Waals surface area contributed by atoms with Crippen LogP contribution >= 0.6 is 22.7 Å². The summed E-state index contributed by atoms with van der Waals surface area (Å²) in [5.74, 6) is 0.472. The van der Waals surface area contributed by atoms with Crippen LogP contribution in [0, 0.1) is 0 Å². The number of furan rings is 1. The first-order valence-electron chi connectivity index (χ1n) is 10.7. The highest BCUT2D eigenvalue weighted by molar-refractivity contribution is 7.89. The lowest BCUT2D eigenvalue weighted by Crippen LogP contribution is -2.42. The van der Waals surface area contributed by atoms with Crippen LogP contribution < -0.4 is 10.3 Å². The Morgan fingerprint density at radius 3 is 2.66 bits per heavy atom. The van der Waals surface area contributed by atoms with E-state index < -0.39 is 17.4 Å². The van der Waals surface area contributed by atoms with Gasteiger partial charge in [0.1, 0.15) is 5.76 Å². The Hall–Kier alpha value is -3.15. The molecule has 1 aromatic carbocycles. The summed E-state index contributed by atoms with van der Waals surface area (Å²) < 4.78 is 21.9. The summed E-state index contributed by atoms with van der Waals surface area (Å²) in [6.45, 7) is 0.708. The van der Waals surface area contributed by atoms with Crippen molar-refractivity contribution in [1.29, 1.82) is 0 Å². The van der Waals surface area contributed by atoms with E-state index >= 15 is 0 Å². The van der Waals surface area contributed by atoms with E-state index in [1.807, 2.05) is 41.1 Å². The van der Waals surface area contributed by atoms with E-state index in [1.54, 1.807) is 52.8 Å². The number of nitrogens with one attached hydrogen (secondary N) is 2. The SMILES string of the molecule is O=C([C@H](N[S+]([O-])c1ccc2[nH]c(=O)ccc2c1)c1cccs1)N(Cc1ccco1)Cc1cccs1. The zero-order valence-electron chi connectivity index (χ0n) is 18.4. The third kappa shape index (κ3) is 5.58. The normalized spacial score (nSPS) is 13.1. The van der Waals surface area contributed by atoms with Gasteiger partial charge in [-0.25, -0.2) is 0 Å². The molecule has 4 aromatic heterocycles. The zero-order chi connectivity index (χ0) is 24.2. The van der Waals surface area contributed by atoms with Crippen molar-refractivity contribution < 1.29 is 13.8 Å². The fourth-order valence-corrected chi connectivity index (χ4v) is 6.25. The Morgan fingerprint density at radius 1 is 1.06 bits per heavy atom. The monoisotopic (exact) mass is 523 g/mol. The number of nitrogens with zero attached hydrogens (tertiary/aromatic N) is 1. The maximum atomic E-state index is 13.9. The van der Waals surface area contributed by atoms with Gasteiger partial charge in [-0.15, -0.1) is 27.4 Å². The van der Waals surface area contributed by atoms with Crippen molar-refractivity contribution in [2.45, 2.75) is 24.0 Å². The third-order valence-corrected chi connectivity index (χ3v) is 8.30. The molecule has 0 aliphatic rings. The summed E-state index contributed by atoms with van der Waals surface area (Å²) in [6.07, 6.45) is 1.58. The van der Waals surface area contributed by atoms with Crippen molar-refractivity contribution in [3.05, 3.63) is 110 Å². The summed E-state index contributed by atoms with van der Waals surface area (Å²) in [6, 6.07) is 18.7. The number of amides is 1. The minimum atomic E-state index is -1.68. The largest absolute Gasteiger partial charge is 0.593 e. The number of hydrogen-bond donors (Lipinski definition) is 2. The van der Waals surface area contributed by atoms with Gasteiger partial charge in [0.2, 0.25) is 11.5 Å². The number of thiophene rings is 2. The van der Waals surface area contributed by atoms with Gasteiger partial charge in [0, 0.05) is 32.8 Å². The summed E-state index contributed by atoms with van der Waals surface area (Å²) >= 11 is 1.33. The molecular formula is C25H21N3O4S3. The molecule has 0 aliphatic carbocycles. The number of aromatic nitrogens is 1. The summed E-state index contributed by atoms with van der Waals surface area (Å²) in [7, 11) is 0. The number of carbonyl (C=O) groups is 1. The predicted molar refractivity (Wildman–Crippen MR) is 138 cm³/mol. The van der Waals surface area contributed by atoms with Crippen molar-refractivity contribution in [2.24, 2.45) is 0 Å². The number of fused-ring (bicyclic) bond motifs is 1. The maximum absolute atomic E-state index is 13.9. The van der Waals surface area contributed by atoms with Crippen LogP contribution in [0.2, 0.25) is 0 Å². The molecule has 1 unspecified atom stereocenters. The minimum absolute atomic E-state index is 0.198. The Labute approximate surface area is 212 Å². The van der Waals surface area contributed by atoms with Gasteiger partial charge in [-0.3, -0.25) is 9.59 Å². The molecule has 0 saturated heterocycles. The van der Waals surface area contributed by atoms with E-state index in [0.717, 1.165) is 15.1 Å².